The fourth-order valence-electron chi connectivity index (χ4n) is 3.84. The molecule has 0 unspecified atom stereocenters. The number of aromatic amines is 1. The zero-order valence-corrected chi connectivity index (χ0v) is 15.7. The summed E-state index contributed by atoms with van der Waals surface area (Å²) in [5.41, 5.74) is 4.61. The van der Waals surface area contributed by atoms with Crippen molar-refractivity contribution in [2.24, 2.45) is 0 Å². The largest absolute Gasteiger partial charge is 0.497 e. The zero-order valence-electron chi connectivity index (χ0n) is 15.7. The summed E-state index contributed by atoms with van der Waals surface area (Å²) in [6.45, 7) is 1.40. The van der Waals surface area contributed by atoms with Crippen molar-refractivity contribution in [1.29, 1.82) is 0 Å². The molecule has 0 saturated carbocycles. The SMILES string of the molecule is COc1ccc2[nH]c3c(c2c1)CN(C(=O)CCc1ccccc1OC)CC3. The smallest absolute Gasteiger partial charge is 0.223 e. The molecule has 0 aliphatic carbocycles. The lowest BCUT2D eigenvalue weighted by atomic mass is 10.0. The molecule has 1 amide bonds. The van der Waals surface area contributed by atoms with Crippen molar-refractivity contribution in [1.82, 2.24) is 9.88 Å². The van der Waals surface area contributed by atoms with Crippen molar-refractivity contribution in [2.75, 3.05) is 20.8 Å². The molecule has 2 aromatic carbocycles. The molecule has 5 nitrogen and oxygen atoms in total. The number of H-pyrrole nitrogens is 1. The Labute approximate surface area is 158 Å². The number of hydrogen-bond acceptors (Lipinski definition) is 3. The maximum absolute atomic E-state index is 12.8. The van der Waals surface area contributed by atoms with Gasteiger partial charge < -0.3 is 19.4 Å². The molecule has 3 aromatic rings. The van der Waals surface area contributed by atoms with Gasteiger partial charge in [-0.15, -0.1) is 0 Å². The molecule has 2 heterocycles. The molecule has 0 radical (unpaired) electrons. The summed E-state index contributed by atoms with van der Waals surface area (Å²) < 4.78 is 10.7. The number of carbonyl (C=O) groups excluding carboxylic acids is 1. The van der Waals surface area contributed by atoms with Crippen LogP contribution < -0.4 is 9.47 Å². The third kappa shape index (κ3) is 3.37. The van der Waals surface area contributed by atoms with E-state index in [1.165, 1.54) is 11.3 Å². The van der Waals surface area contributed by atoms with Gasteiger partial charge in [0.1, 0.15) is 11.5 Å². The highest BCUT2D eigenvalue weighted by molar-refractivity contribution is 5.87. The Morgan fingerprint density at radius 3 is 2.81 bits per heavy atom. The number of aromatic nitrogens is 1. The van der Waals surface area contributed by atoms with Crippen LogP contribution in [0.3, 0.4) is 0 Å². The molecular weight excluding hydrogens is 340 g/mol. The number of rotatable bonds is 5. The Hall–Kier alpha value is -2.95. The molecule has 27 heavy (non-hydrogen) atoms. The van der Waals surface area contributed by atoms with Crippen LogP contribution in [0.4, 0.5) is 0 Å². The summed E-state index contributed by atoms with van der Waals surface area (Å²) in [5.74, 6) is 1.86. The van der Waals surface area contributed by atoms with Gasteiger partial charge in [-0.05, 0) is 36.2 Å². The van der Waals surface area contributed by atoms with Crippen molar-refractivity contribution >= 4 is 16.8 Å². The maximum atomic E-state index is 12.8. The van der Waals surface area contributed by atoms with Crippen LogP contribution in [0.5, 0.6) is 11.5 Å². The topological polar surface area (TPSA) is 54.6 Å². The molecule has 0 spiro atoms. The van der Waals surface area contributed by atoms with Gasteiger partial charge in [-0.2, -0.15) is 0 Å². The predicted octanol–water partition coefficient (Wildman–Crippen LogP) is 3.70. The standard InChI is InChI=1S/C22H24N2O3/c1-26-16-8-9-19-17(13-16)18-14-24(12-11-20(18)23-19)22(25)10-7-15-5-3-4-6-21(15)27-2/h3-6,8-9,13,23H,7,10-12,14H2,1-2H3. The van der Waals surface area contributed by atoms with Crippen LogP contribution in [0, 0.1) is 0 Å². The molecule has 1 aliphatic rings. The number of nitrogens with zero attached hydrogens (tertiary/aromatic N) is 1. The minimum atomic E-state index is 0.184. The lowest BCUT2D eigenvalue weighted by molar-refractivity contribution is -0.132. The van der Waals surface area contributed by atoms with Crippen LogP contribution in [0.1, 0.15) is 23.2 Å². The molecule has 0 atom stereocenters. The summed E-state index contributed by atoms with van der Waals surface area (Å²) in [4.78, 5) is 18.3. The number of methoxy groups -OCH3 is 2. The van der Waals surface area contributed by atoms with Crippen LogP contribution in [0.2, 0.25) is 0 Å². The number of ether oxygens (including phenoxy) is 2. The Balaban J connectivity index is 1.49. The number of nitrogens with one attached hydrogen (secondary N) is 1. The van der Waals surface area contributed by atoms with Gasteiger partial charge in [0.15, 0.2) is 0 Å². The monoisotopic (exact) mass is 364 g/mol. The van der Waals surface area contributed by atoms with Crippen LogP contribution in [-0.2, 0) is 24.2 Å². The molecular formula is C22H24N2O3. The Morgan fingerprint density at radius 1 is 1.15 bits per heavy atom. The van der Waals surface area contributed by atoms with E-state index >= 15 is 0 Å². The van der Waals surface area contributed by atoms with E-state index in [1.807, 2.05) is 47.4 Å². The van der Waals surface area contributed by atoms with Crippen molar-refractivity contribution in [3.05, 3.63) is 59.3 Å². The molecule has 1 aliphatic heterocycles. The fraction of sp³-hybridized carbons (Fsp3) is 0.318. The average molecular weight is 364 g/mol. The van der Waals surface area contributed by atoms with E-state index < -0.39 is 0 Å². The predicted molar refractivity (Wildman–Crippen MR) is 105 cm³/mol. The number of para-hydroxylation sites is 1. The van der Waals surface area contributed by atoms with E-state index in [4.69, 9.17) is 9.47 Å². The van der Waals surface area contributed by atoms with E-state index in [-0.39, 0.29) is 5.91 Å². The molecule has 4 rings (SSSR count). The summed E-state index contributed by atoms with van der Waals surface area (Å²) in [5, 5.41) is 1.14. The van der Waals surface area contributed by atoms with Crippen LogP contribution in [0.15, 0.2) is 42.5 Å². The Kier molecular flexibility index (Phi) is 4.75. The van der Waals surface area contributed by atoms with E-state index in [0.29, 0.717) is 19.4 Å². The van der Waals surface area contributed by atoms with Gasteiger partial charge in [-0.3, -0.25) is 4.79 Å². The normalized spacial score (nSPS) is 13.5. The zero-order chi connectivity index (χ0) is 18.8. The second-order valence-electron chi connectivity index (χ2n) is 6.87. The molecule has 0 bridgehead atoms. The van der Waals surface area contributed by atoms with E-state index in [1.54, 1.807) is 14.2 Å². The molecule has 0 fully saturated rings. The van der Waals surface area contributed by atoms with Crippen molar-refractivity contribution < 1.29 is 14.3 Å². The van der Waals surface area contributed by atoms with Crippen molar-refractivity contribution in [3.8, 4) is 11.5 Å². The molecule has 0 saturated heterocycles. The Bertz CT molecular complexity index is 977. The lowest BCUT2D eigenvalue weighted by Crippen LogP contribution is -2.35. The number of benzene rings is 2. The lowest BCUT2D eigenvalue weighted by Gasteiger charge is -2.27. The van der Waals surface area contributed by atoms with Gasteiger partial charge in [-0.1, -0.05) is 18.2 Å². The highest BCUT2D eigenvalue weighted by Crippen LogP contribution is 2.31. The van der Waals surface area contributed by atoms with Crippen LogP contribution >= 0.6 is 0 Å². The minimum Gasteiger partial charge on any atom is -0.497 e. The summed E-state index contributed by atoms with van der Waals surface area (Å²) in [6.07, 6.45) is 2.03. The van der Waals surface area contributed by atoms with Crippen LogP contribution in [-0.4, -0.2) is 36.6 Å². The molecule has 5 heteroatoms. The first-order chi connectivity index (χ1) is 13.2. The van der Waals surface area contributed by atoms with E-state index in [9.17, 15) is 4.79 Å². The fourth-order valence-corrected chi connectivity index (χ4v) is 3.84. The number of carbonyl (C=O) groups is 1. The third-order valence-corrected chi connectivity index (χ3v) is 5.34. The maximum Gasteiger partial charge on any atom is 0.223 e. The summed E-state index contributed by atoms with van der Waals surface area (Å²) in [7, 11) is 3.34. The molecule has 1 aromatic heterocycles. The highest BCUT2D eigenvalue weighted by Gasteiger charge is 2.24. The first kappa shape index (κ1) is 17.5. The van der Waals surface area contributed by atoms with Crippen LogP contribution in [0.25, 0.3) is 10.9 Å². The van der Waals surface area contributed by atoms with Gasteiger partial charge >= 0.3 is 0 Å². The Morgan fingerprint density at radius 2 is 2.00 bits per heavy atom. The number of amides is 1. The van der Waals surface area contributed by atoms with E-state index in [0.717, 1.165) is 40.9 Å². The van der Waals surface area contributed by atoms with Gasteiger partial charge in [0.2, 0.25) is 5.91 Å². The van der Waals surface area contributed by atoms with E-state index in [2.05, 4.69) is 4.98 Å². The van der Waals surface area contributed by atoms with Gasteiger partial charge in [-0.25, -0.2) is 0 Å². The molecule has 140 valence electrons. The quantitative estimate of drug-likeness (QED) is 0.751. The minimum absolute atomic E-state index is 0.184. The number of fused-ring (bicyclic) bond motifs is 3. The van der Waals surface area contributed by atoms with Crippen molar-refractivity contribution in [2.45, 2.75) is 25.8 Å². The highest BCUT2D eigenvalue weighted by atomic mass is 16.5. The first-order valence-electron chi connectivity index (χ1n) is 9.26. The van der Waals surface area contributed by atoms with Gasteiger partial charge in [0.05, 0.1) is 14.2 Å². The number of aryl methyl sites for hydroxylation is 1. The number of hydrogen-bond donors (Lipinski definition) is 1. The van der Waals surface area contributed by atoms with Crippen molar-refractivity contribution in [3.63, 3.8) is 0 Å². The third-order valence-electron chi connectivity index (χ3n) is 5.34. The second kappa shape index (κ2) is 7.35. The molecule has 1 N–H and O–H groups in total. The summed E-state index contributed by atoms with van der Waals surface area (Å²) in [6, 6.07) is 13.9. The second-order valence-corrected chi connectivity index (χ2v) is 6.87. The first-order valence-corrected chi connectivity index (χ1v) is 9.26. The summed E-state index contributed by atoms with van der Waals surface area (Å²) >= 11 is 0. The van der Waals surface area contributed by atoms with Gasteiger partial charge in [0, 0.05) is 48.1 Å². The van der Waals surface area contributed by atoms with Gasteiger partial charge in [0.25, 0.3) is 0 Å². The average Bonchev–Trinajstić information content (AvgIpc) is 3.09.